The number of primary amides is 1. The van der Waals surface area contributed by atoms with Crippen LogP contribution in [-0.2, 0) is 4.79 Å². The number of carbonyl (C=O) groups is 2. The fourth-order valence-corrected chi connectivity index (χ4v) is 2.90. The minimum Gasteiger partial charge on any atom is -0.493 e. The van der Waals surface area contributed by atoms with E-state index in [-0.39, 0.29) is 11.9 Å². The number of fused-ring (bicyclic) bond motifs is 1. The number of nitrogens with two attached hydrogens (primary N) is 1. The van der Waals surface area contributed by atoms with Crippen LogP contribution in [0, 0.1) is 0 Å². The molecule has 0 spiro atoms. The monoisotopic (exact) mass is 397 g/mol. The zero-order valence-electron chi connectivity index (χ0n) is 16.2. The lowest BCUT2D eigenvalue weighted by molar-refractivity contribution is -0.117. The molecular weight excluding hydrogens is 374 g/mol. The van der Waals surface area contributed by atoms with Crippen LogP contribution in [-0.4, -0.2) is 32.3 Å². The summed E-state index contributed by atoms with van der Waals surface area (Å²) in [6.07, 6.45) is 3.13. The van der Waals surface area contributed by atoms with Crippen molar-refractivity contribution in [1.29, 1.82) is 0 Å². The first kappa shape index (κ1) is 20.1. The van der Waals surface area contributed by atoms with Crippen molar-refractivity contribution in [2.45, 2.75) is 13.0 Å². The highest BCUT2D eigenvalue weighted by Gasteiger charge is 2.18. The third-order valence-electron chi connectivity index (χ3n) is 4.31. The quantitative estimate of drug-likeness (QED) is 0.649. The number of carbonyl (C=O) groups excluding carboxylic acids is 2. The minimum absolute atomic E-state index is 0.218. The number of hydrogen-bond donors (Lipinski definition) is 3. The molecule has 1 atom stereocenters. The van der Waals surface area contributed by atoms with E-state index >= 15 is 0 Å². The van der Waals surface area contributed by atoms with E-state index in [0.717, 1.165) is 11.1 Å². The van der Waals surface area contributed by atoms with Gasteiger partial charge in [0.2, 0.25) is 11.7 Å². The highest BCUT2D eigenvalue weighted by molar-refractivity contribution is 5.92. The Morgan fingerprint density at radius 2 is 1.90 bits per heavy atom. The summed E-state index contributed by atoms with van der Waals surface area (Å²) in [5, 5.41) is 5.38. The molecule has 0 saturated carbocycles. The van der Waals surface area contributed by atoms with Gasteiger partial charge in [0.1, 0.15) is 13.2 Å². The maximum Gasteiger partial charge on any atom is 0.316 e. The van der Waals surface area contributed by atoms with Crippen molar-refractivity contribution in [3.63, 3.8) is 0 Å². The molecule has 1 heterocycles. The normalized spacial score (nSPS) is 13.6. The lowest BCUT2D eigenvalue weighted by Gasteiger charge is -2.21. The van der Waals surface area contributed by atoms with Crippen molar-refractivity contribution in [2.24, 2.45) is 5.73 Å². The van der Waals surface area contributed by atoms with Crippen molar-refractivity contribution in [3.05, 3.63) is 53.6 Å². The molecule has 1 unspecified atom stereocenters. The molecule has 0 fully saturated rings. The number of amides is 3. The second kappa shape index (κ2) is 9.01. The number of rotatable bonds is 6. The fraction of sp³-hybridized carbons (Fsp3) is 0.238. The number of methoxy groups -OCH3 is 1. The Labute approximate surface area is 168 Å². The average molecular weight is 397 g/mol. The molecule has 2 aromatic carbocycles. The fourth-order valence-electron chi connectivity index (χ4n) is 2.90. The lowest BCUT2D eigenvalue weighted by atomic mass is 10.1. The van der Waals surface area contributed by atoms with Crippen molar-refractivity contribution >= 4 is 23.7 Å². The molecule has 3 amide bonds. The summed E-state index contributed by atoms with van der Waals surface area (Å²) < 4.78 is 16.5. The minimum atomic E-state index is -0.625. The second-order valence-electron chi connectivity index (χ2n) is 6.42. The van der Waals surface area contributed by atoms with Gasteiger partial charge in [-0.25, -0.2) is 4.79 Å². The van der Waals surface area contributed by atoms with Gasteiger partial charge in [0, 0.05) is 11.8 Å². The van der Waals surface area contributed by atoms with Gasteiger partial charge in [-0.15, -0.1) is 0 Å². The molecule has 8 heteroatoms. The molecule has 152 valence electrons. The standard InChI is InChI=1S/C21H23N3O5/c1-13(15-4-6-16(7-5-15)24-21(22)26)23-19(25)8-3-14-11-17(27-2)20-18(12-14)28-9-10-29-20/h3-8,11-13H,9-10H2,1-2H3,(H,23,25)(H3,22,24,26). The zero-order chi connectivity index (χ0) is 20.8. The van der Waals surface area contributed by atoms with E-state index in [1.807, 2.05) is 19.1 Å². The van der Waals surface area contributed by atoms with Crippen molar-refractivity contribution in [1.82, 2.24) is 5.32 Å². The van der Waals surface area contributed by atoms with Crippen molar-refractivity contribution in [3.8, 4) is 17.2 Å². The maximum absolute atomic E-state index is 12.3. The zero-order valence-corrected chi connectivity index (χ0v) is 16.2. The number of urea groups is 1. The van der Waals surface area contributed by atoms with Crippen LogP contribution in [0.15, 0.2) is 42.5 Å². The van der Waals surface area contributed by atoms with Gasteiger partial charge in [0.25, 0.3) is 0 Å². The Morgan fingerprint density at radius 1 is 1.17 bits per heavy atom. The highest BCUT2D eigenvalue weighted by Crippen LogP contribution is 2.40. The summed E-state index contributed by atoms with van der Waals surface area (Å²) >= 11 is 0. The van der Waals surface area contributed by atoms with Crippen molar-refractivity contribution in [2.75, 3.05) is 25.6 Å². The molecule has 0 aromatic heterocycles. The summed E-state index contributed by atoms with van der Waals surface area (Å²) in [7, 11) is 1.56. The Morgan fingerprint density at radius 3 is 2.59 bits per heavy atom. The predicted molar refractivity (Wildman–Crippen MR) is 109 cm³/mol. The molecule has 8 nitrogen and oxygen atoms in total. The van der Waals surface area contributed by atoms with Gasteiger partial charge in [-0.3, -0.25) is 4.79 Å². The van der Waals surface area contributed by atoms with Crippen LogP contribution >= 0.6 is 0 Å². The second-order valence-corrected chi connectivity index (χ2v) is 6.42. The summed E-state index contributed by atoms with van der Waals surface area (Å²) in [6.45, 7) is 2.81. The van der Waals surface area contributed by atoms with Crippen LogP contribution in [0.5, 0.6) is 17.2 Å². The summed E-state index contributed by atoms with van der Waals surface area (Å²) in [5.41, 5.74) is 7.33. The van der Waals surface area contributed by atoms with Crippen LogP contribution in [0.2, 0.25) is 0 Å². The molecule has 2 aromatic rings. The van der Waals surface area contributed by atoms with Crippen molar-refractivity contribution < 1.29 is 23.8 Å². The summed E-state index contributed by atoms with van der Waals surface area (Å²) in [6, 6.07) is 9.81. The summed E-state index contributed by atoms with van der Waals surface area (Å²) in [5.74, 6) is 1.47. The molecular formula is C21H23N3O5. The van der Waals surface area contributed by atoms with Crippen LogP contribution in [0.4, 0.5) is 10.5 Å². The number of nitrogens with one attached hydrogen (secondary N) is 2. The topological polar surface area (TPSA) is 112 Å². The number of benzene rings is 2. The van der Waals surface area contributed by atoms with Crippen LogP contribution in [0.25, 0.3) is 6.08 Å². The SMILES string of the molecule is COc1cc(C=CC(=O)NC(C)c2ccc(NC(N)=O)cc2)cc2c1OCCO2. The predicted octanol–water partition coefficient (Wildman–Crippen LogP) is 2.85. The van der Waals surface area contributed by atoms with Crippen LogP contribution in [0.3, 0.4) is 0 Å². The van der Waals surface area contributed by atoms with E-state index in [0.29, 0.717) is 36.1 Å². The van der Waals surface area contributed by atoms with Gasteiger partial charge >= 0.3 is 6.03 Å². The maximum atomic E-state index is 12.3. The van der Waals surface area contributed by atoms with Gasteiger partial charge in [0.05, 0.1) is 13.2 Å². The average Bonchev–Trinajstić information content (AvgIpc) is 2.71. The van der Waals surface area contributed by atoms with Gasteiger partial charge in [0.15, 0.2) is 11.5 Å². The Kier molecular flexibility index (Phi) is 6.23. The van der Waals surface area contributed by atoms with Gasteiger partial charge in [-0.2, -0.15) is 0 Å². The third kappa shape index (κ3) is 5.19. The first-order valence-corrected chi connectivity index (χ1v) is 9.09. The van der Waals surface area contributed by atoms with E-state index in [9.17, 15) is 9.59 Å². The first-order chi connectivity index (χ1) is 14.0. The van der Waals surface area contributed by atoms with Gasteiger partial charge < -0.3 is 30.6 Å². The van der Waals surface area contributed by atoms with E-state index in [1.54, 1.807) is 37.5 Å². The molecule has 1 aliphatic rings. The Bertz CT molecular complexity index is 907. The van der Waals surface area contributed by atoms with E-state index in [4.69, 9.17) is 19.9 Å². The number of hydrogen-bond acceptors (Lipinski definition) is 5. The van der Waals surface area contributed by atoms with Crippen LogP contribution < -0.4 is 30.6 Å². The van der Waals surface area contributed by atoms with E-state index in [1.165, 1.54) is 6.08 Å². The lowest BCUT2D eigenvalue weighted by Crippen LogP contribution is -2.24. The molecule has 3 rings (SSSR count). The highest BCUT2D eigenvalue weighted by atomic mass is 16.6. The third-order valence-corrected chi connectivity index (χ3v) is 4.31. The first-order valence-electron chi connectivity index (χ1n) is 9.09. The number of anilines is 1. The van der Waals surface area contributed by atoms with Crippen LogP contribution in [0.1, 0.15) is 24.1 Å². The molecule has 29 heavy (non-hydrogen) atoms. The molecule has 4 N–H and O–H groups in total. The largest absolute Gasteiger partial charge is 0.493 e. The van der Waals surface area contributed by atoms with Gasteiger partial charge in [-0.05, 0) is 48.4 Å². The molecule has 0 bridgehead atoms. The number of ether oxygens (including phenoxy) is 3. The molecule has 1 aliphatic heterocycles. The Hall–Kier alpha value is -3.68. The molecule has 0 radical (unpaired) electrons. The smallest absolute Gasteiger partial charge is 0.316 e. The molecule has 0 saturated heterocycles. The van der Waals surface area contributed by atoms with E-state index < -0.39 is 6.03 Å². The molecule has 0 aliphatic carbocycles. The van der Waals surface area contributed by atoms with Gasteiger partial charge in [-0.1, -0.05) is 12.1 Å². The Balaban J connectivity index is 1.64. The van der Waals surface area contributed by atoms with E-state index in [2.05, 4.69) is 10.6 Å². The summed E-state index contributed by atoms with van der Waals surface area (Å²) in [4.78, 5) is 23.2.